The van der Waals surface area contributed by atoms with E-state index in [0.717, 1.165) is 21.0 Å². The second-order valence-corrected chi connectivity index (χ2v) is 11.5. The number of nitrogens with one attached hydrogen (secondary N) is 1. The van der Waals surface area contributed by atoms with E-state index in [0.29, 0.717) is 18.1 Å². The van der Waals surface area contributed by atoms with Gasteiger partial charge < -0.3 is 9.47 Å². The molecule has 0 atom stereocenters. The first-order chi connectivity index (χ1) is 19.7. The Morgan fingerprint density at radius 2 is 1.56 bits per heavy atom. The third-order valence-electron chi connectivity index (χ3n) is 6.13. The van der Waals surface area contributed by atoms with Gasteiger partial charge in [-0.15, -0.1) is 0 Å². The first kappa shape index (κ1) is 29.6. The molecule has 0 fully saturated rings. The number of nitrogens with zero attached hydrogens (tertiary/aromatic N) is 2. The Morgan fingerprint density at radius 1 is 0.927 bits per heavy atom. The van der Waals surface area contributed by atoms with Crippen LogP contribution in [0.5, 0.6) is 11.5 Å². The lowest BCUT2D eigenvalue weighted by Gasteiger charge is -2.24. The second-order valence-electron chi connectivity index (χ2n) is 9.28. The zero-order valence-electron chi connectivity index (χ0n) is 22.9. The van der Waals surface area contributed by atoms with E-state index in [1.165, 1.54) is 43.2 Å². The smallest absolute Gasteiger partial charge is 0.264 e. The van der Waals surface area contributed by atoms with Gasteiger partial charge in [0.15, 0.2) is 0 Å². The van der Waals surface area contributed by atoms with Crippen LogP contribution in [-0.4, -0.2) is 34.2 Å². The van der Waals surface area contributed by atoms with Gasteiger partial charge >= 0.3 is 0 Å². The Morgan fingerprint density at radius 3 is 2.17 bits per heavy atom. The molecule has 0 radical (unpaired) electrons. The summed E-state index contributed by atoms with van der Waals surface area (Å²) >= 11 is 6.27. The first-order valence-corrected chi connectivity index (χ1v) is 14.5. The highest BCUT2D eigenvalue weighted by Crippen LogP contribution is 2.32. The number of benzene rings is 4. The molecule has 8 nitrogen and oxygen atoms in total. The molecule has 0 aromatic heterocycles. The Bertz CT molecular complexity index is 1620. The number of ether oxygens (including phenoxy) is 2. The minimum atomic E-state index is -4.10. The third-order valence-corrected chi connectivity index (χ3v) is 8.21. The predicted molar refractivity (Wildman–Crippen MR) is 161 cm³/mol. The fraction of sp³-hybridized carbons (Fsp3) is 0.161. The maximum absolute atomic E-state index is 13.6. The average Bonchev–Trinajstić information content (AvgIpc) is 2.96. The minimum absolute atomic E-state index is 0.0380. The molecule has 212 valence electrons. The number of hydrazone groups is 1. The molecule has 0 bridgehead atoms. The standard InChI is InChI=1S/C31H30ClN3O5S/c1-22-4-8-25(9-5-22)21-40-27-13-10-24(11-14-27)19-33-34-31(36)20-35(26-12-17-30(39-3)29(32)18-26)41(37,38)28-15-6-23(2)7-16-28/h4-19H,20-21H2,1-3H3,(H,34,36)/b33-19-. The molecule has 0 aliphatic rings. The van der Waals surface area contributed by atoms with E-state index in [1.807, 2.05) is 38.1 Å². The van der Waals surface area contributed by atoms with Crippen molar-refractivity contribution in [1.82, 2.24) is 5.43 Å². The first-order valence-electron chi connectivity index (χ1n) is 12.7. The van der Waals surface area contributed by atoms with Crippen molar-refractivity contribution in [2.75, 3.05) is 18.0 Å². The van der Waals surface area contributed by atoms with Crippen LogP contribution >= 0.6 is 11.6 Å². The molecule has 0 saturated carbocycles. The van der Waals surface area contributed by atoms with Gasteiger partial charge in [0.25, 0.3) is 15.9 Å². The molecule has 0 aliphatic heterocycles. The maximum Gasteiger partial charge on any atom is 0.264 e. The topological polar surface area (TPSA) is 97.3 Å². The van der Waals surface area contributed by atoms with Gasteiger partial charge in [-0.25, -0.2) is 13.8 Å². The highest BCUT2D eigenvalue weighted by Gasteiger charge is 2.27. The Kier molecular flexibility index (Phi) is 9.65. The molecule has 4 aromatic rings. The summed E-state index contributed by atoms with van der Waals surface area (Å²) in [7, 11) is -2.65. The van der Waals surface area contributed by atoms with Crippen molar-refractivity contribution in [2.45, 2.75) is 25.3 Å². The van der Waals surface area contributed by atoms with E-state index < -0.39 is 22.5 Å². The monoisotopic (exact) mass is 591 g/mol. The van der Waals surface area contributed by atoms with Crippen molar-refractivity contribution in [3.8, 4) is 11.5 Å². The number of halogens is 1. The Labute approximate surface area is 245 Å². The number of anilines is 1. The number of amides is 1. The second kappa shape index (κ2) is 13.3. The number of sulfonamides is 1. The summed E-state index contributed by atoms with van der Waals surface area (Å²) in [5.74, 6) is 0.438. The van der Waals surface area contributed by atoms with Crippen LogP contribution < -0.4 is 19.2 Å². The predicted octanol–water partition coefficient (Wildman–Crippen LogP) is 5.89. The summed E-state index contributed by atoms with van der Waals surface area (Å²) < 4.78 is 39.1. The number of carbonyl (C=O) groups is 1. The fourth-order valence-corrected chi connectivity index (χ4v) is 5.47. The van der Waals surface area contributed by atoms with Crippen molar-refractivity contribution in [2.24, 2.45) is 5.10 Å². The van der Waals surface area contributed by atoms with Gasteiger partial charge in [0.2, 0.25) is 0 Å². The molecule has 0 saturated heterocycles. The molecular formula is C31H30ClN3O5S. The van der Waals surface area contributed by atoms with Gasteiger partial charge in [0.1, 0.15) is 24.7 Å². The molecule has 0 heterocycles. The highest BCUT2D eigenvalue weighted by molar-refractivity contribution is 7.92. The van der Waals surface area contributed by atoms with Crippen LogP contribution in [-0.2, 0) is 21.4 Å². The van der Waals surface area contributed by atoms with Gasteiger partial charge in [-0.3, -0.25) is 9.10 Å². The summed E-state index contributed by atoms with van der Waals surface area (Å²) in [6, 6.07) is 26.2. The van der Waals surface area contributed by atoms with Gasteiger partial charge in [-0.1, -0.05) is 59.1 Å². The summed E-state index contributed by atoms with van der Waals surface area (Å²) in [5, 5.41) is 4.21. The molecule has 10 heteroatoms. The lowest BCUT2D eigenvalue weighted by Crippen LogP contribution is -2.39. The Hall–Kier alpha value is -4.34. The summed E-state index contributed by atoms with van der Waals surface area (Å²) in [6.07, 6.45) is 1.46. The largest absolute Gasteiger partial charge is 0.495 e. The maximum atomic E-state index is 13.6. The summed E-state index contributed by atoms with van der Waals surface area (Å²) in [5.41, 5.74) is 6.49. The van der Waals surface area contributed by atoms with Crippen molar-refractivity contribution >= 4 is 39.4 Å². The van der Waals surface area contributed by atoms with E-state index >= 15 is 0 Å². The van der Waals surface area contributed by atoms with E-state index in [4.69, 9.17) is 21.1 Å². The molecule has 1 N–H and O–H groups in total. The molecule has 0 unspecified atom stereocenters. The van der Waals surface area contributed by atoms with Crippen molar-refractivity contribution < 1.29 is 22.7 Å². The van der Waals surface area contributed by atoms with Crippen LogP contribution in [0.15, 0.2) is 101 Å². The van der Waals surface area contributed by atoms with Crippen molar-refractivity contribution in [1.29, 1.82) is 0 Å². The third kappa shape index (κ3) is 7.87. The molecule has 41 heavy (non-hydrogen) atoms. The molecule has 4 aromatic carbocycles. The fourth-order valence-electron chi connectivity index (χ4n) is 3.81. The molecule has 0 aliphatic carbocycles. The van der Waals surface area contributed by atoms with Gasteiger partial charge in [-0.05, 0) is 79.6 Å². The van der Waals surface area contributed by atoms with Crippen LogP contribution in [0.1, 0.15) is 22.3 Å². The van der Waals surface area contributed by atoms with E-state index in [-0.39, 0.29) is 15.6 Å². The number of carbonyl (C=O) groups excluding carboxylic acids is 1. The van der Waals surface area contributed by atoms with Crippen LogP contribution in [0.25, 0.3) is 0 Å². The zero-order chi connectivity index (χ0) is 29.4. The van der Waals surface area contributed by atoms with Crippen LogP contribution in [0.3, 0.4) is 0 Å². The number of hydrogen-bond donors (Lipinski definition) is 1. The van der Waals surface area contributed by atoms with Crippen LogP contribution in [0, 0.1) is 13.8 Å². The van der Waals surface area contributed by atoms with E-state index in [9.17, 15) is 13.2 Å². The van der Waals surface area contributed by atoms with Crippen LogP contribution in [0.2, 0.25) is 5.02 Å². The molecule has 1 amide bonds. The van der Waals surface area contributed by atoms with E-state index in [1.54, 1.807) is 42.5 Å². The van der Waals surface area contributed by atoms with Crippen molar-refractivity contribution in [3.63, 3.8) is 0 Å². The summed E-state index contributed by atoms with van der Waals surface area (Å²) in [6.45, 7) is 3.82. The SMILES string of the molecule is COc1ccc(N(CC(=O)N/N=C\c2ccc(OCc3ccc(C)cc3)cc2)S(=O)(=O)c2ccc(C)cc2)cc1Cl. The normalized spacial score (nSPS) is 11.3. The molecular weight excluding hydrogens is 562 g/mol. The Balaban J connectivity index is 1.43. The van der Waals surface area contributed by atoms with Gasteiger partial charge in [0, 0.05) is 0 Å². The van der Waals surface area contributed by atoms with Crippen molar-refractivity contribution in [3.05, 3.63) is 118 Å². The molecule has 0 spiro atoms. The van der Waals surface area contributed by atoms with Crippen LogP contribution in [0.4, 0.5) is 5.69 Å². The number of rotatable bonds is 11. The van der Waals surface area contributed by atoms with Gasteiger partial charge in [-0.2, -0.15) is 5.10 Å². The lowest BCUT2D eigenvalue weighted by molar-refractivity contribution is -0.119. The zero-order valence-corrected chi connectivity index (χ0v) is 24.4. The highest BCUT2D eigenvalue weighted by atomic mass is 35.5. The summed E-state index contributed by atoms with van der Waals surface area (Å²) in [4.78, 5) is 12.9. The number of methoxy groups -OCH3 is 1. The number of aryl methyl sites for hydroxylation is 2. The number of hydrogen-bond acceptors (Lipinski definition) is 6. The molecule has 4 rings (SSSR count). The lowest BCUT2D eigenvalue weighted by atomic mass is 10.2. The van der Waals surface area contributed by atoms with Gasteiger partial charge in [0.05, 0.1) is 28.9 Å². The van der Waals surface area contributed by atoms with E-state index in [2.05, 4.69) is 10.5 Å². The minimum Gasteiger partial charge on any atom is -0.495 e. The average molecular weight is 592 g/mol. The quantitative estimate of drug-likeness (QED) is 0.173.